The molecule has 0 aromatic carbocycles. The van der Waals surface area contributed by atoms with Crippen LogP contribution in [-0.4, -0.2) is 23.9 Å². The topological polar surface area (TPSA) is 29.5 Å². The number of aliphatic hydroxyl groups excluding tert-OH is 1. The highest BCUT2D eigenvalue weighted by atomic mass is 16.5. The summed E-state index contributed by atoms with van der Waals surface area (Å²) in [5, 5.41) is 10.0. The van der Waals surface area contributed by atoms with Crippen LogP contribution in [0.15, 0.2) is 11.6 Å². The van der Waals surface area contributed by atoms with Crippen molar-refractivity contribution >= 4 is 0 Å². The van der Waals surface area contributed by atoms with E-state index in [9.17, 15) is 5.11 Å². The normalized spacial score (nSPS) is 30.4. The average Bonchev–Trinajstić information content (AvgIpc) is 2.45. The summed E-state index contributed by atoms with van der Waals surface area (Å²) in [6.07, 6.45) is 10.7. The summed E-state index contributed by atoms with van der Waals surface area (Å²) in [6.45, 7) is 9.60. The first-order chi connectivity index (χ1) is 9.61. The molecule has 0 spiro atoms. The Labute approximate surface area is 125 Å². The number of aliphatic hydroxyl groups is 1. The summed E-state index contributed by atoms with van der Waals surface area (Å²) >= 11 is 0. The Morgan fingerprint density at radius 1 is 1.00 bits per heavy atom. The largest absolute Gasteiger partial charge is 0.389 e. The lowest BCUT2D eigenvalue weighted by Crippen LogP contribution is -2.38. The van der Waals surface area contributed by atoms with Gasteiger partial charge >= 0.3 is 0 Å². The minimum Gasteiger partial charge on any atom is -0.389 e. The van der Waals surface area contributed by atoms with E-state index in [2.05, 4.69) is 27.7 Å². The summed E-state index contributed by atoms with van der Waals surface area (Å²) in [4.78, 5) is 0. The fourth-order valence-corrected chi connectivity index (χ4v) is 3.06. The van der Waals surface area contributed by atoms with E-state index in [-0.39, 0.29) is 12.2 Å². The zero-order valence-electron chi connectivity index (χ0n) is 13.9. The Bertz CT molecular complexity index is 285. The number of rotatable bonds is 9. The van der Waals surface area contributed by atoms with E-state index in [4.69, 9.17) is 4.74 Å². The van der Waals surface area contributed by atoms with Crippen molar-refractivity contribution in [3.8, 4) is 0 Å². The summed E-state index contributed by atoms with van der Waals surface area (Å²) in [7, 11) is 0. The van der Waals surface area contributed by atoms with Gasteiger partial charge in [0.1, 0.15) is 0 Å². The molecule has 20 heavy (non-hydrogen) atoms. The third kappa shape index (κ3) is 5.21. The van der Waals surface area contributed by atoms with Crippen LogP contribution in [0.25, 0.3) is 0 Å². The molecule has 0 fully saturated rings. The van der Waals surface area contributed by atoms with Gasteiger partial charge < -0.3 is 9.84 Å². The molecule has 0 amide bonds. The lowest BCUT2D eigenvalue weighted by Gasteiger charge is -2.37. The fraction of sp³-hybridized carbons (Fsp3) is 0.889. The molecule has 4 atom stereocenters. The van der Waals surface area contributed by atoms with Crippen LogP contribution in [0.3, 0.4) is 0 Å². The Morgan fingerprint density at radius 2 is 1.65 bits per heavy atom. The Hall–Kier alpha value is -0.340. The molecule has 0 saturated carbocycles. The summed E-state index contributed by atoms with van der Waals surface area (Å²) < 4.78 is 6.14. The Balaban J connectivity index is 2.32. The smallest absolute Gasteiger partial charge is 0.0814 e. The molecule has 1 N–H and O–H groups in total. The van der Waals surface area contributed by atoms with Crippen molar-refractivity contribution < 1.29 is 9.84 Å². The van der Waals surface area contributed by atoms with Gasteiger partial charge in [0.25, 0.3) is 0 Å². The van der Waals surface area contributed by atoms with Crippen molar-refractivity contribution in [2.45, 2.75) is 84.8 Å². The molecule has 2 heteroatoms. The van der Waals surface area contributed by atoms with Crippen LogP contribution >= 0.6 is 0 Å². The number of hydrogen-bond donors (Lipinski definition) is 1. The first-order valence-corrected chi connectivity index (χ1v) is 8.62. The second-order valence-electron chi connectivity index (χ2n) is 6.36. The van der Waals surface area contributed by atoms with Crippen molar-refractivity contribution in [2.75, 3.05) is 6.61 Å². The highest BCUT2D eigenvalue weighted by Gasteiger charge is 2.33. The van der Waals surface area contributed by atoms with Crippen LogP contribution in [0.4, 0.5) is 0 Å². The molecule has 0 aromatic heterocycles. The maximum atomic E-state index is 10.0. The molecule has 1 aliphatic rings. The predicted molar refractivity (Wildman–Crippen MR) is 85.8 cm³/mol. The van der Waals surface area contributed by atoms with Gasteiger partial charge in [-0.15, -0.1) is 0 Å². The Kier molecular flexibility index (Phi) is 8.47. The Morgan fingerprint density at radius 3 is 2.30 bits per heavy atom. The molecule has 1 aliphatic carbocycles. The van der Waals surface area contributed by atoms with Gasteiger partial charge in [0, 0.05) is 6.61 Å². The van der Waals surface area contributed by atoms with E-state index in [1.54, 1.807) is 0 Å². The molecule has 0 radical (unpaired) electrons. The lowest BCUT2D eigenvalue weighted by atomic mass is 9.77. The van der Waals surface area contributed by atoms with Crippen LogP contribution in [0.2, 0.25) is 0 Å². The minimum atomic E-state index is -0.297. The molecule has 118 valence electrons. The van der Waals surface area contributed by atoms with Crippen molar-refractivity contribution in [1.29, 1.82) is 0 Å². The number of ether oxygens (including phenoxy) is 1. The quantitative estimate of drug-likeness (QED) is 0.490. The maximum absolute atomic E-state index is 10.0. The molecule has 0 heterocycles. The minimum absolute atomic E-state index is 0.217. The SMILES string of the molecule is CCCCCCCCOC1C(CC)=CC(O)C(C)C1C. The number of hydrogen-bond acceptors (Lipinski definition) is 2. The van der Waals surface area contributed by atoms with Gasteiger partial charge in [-0.1, -0.05) is 65.9 Å². The van der Waals surface area contributed by atoms with E-state index in [1.807, 2.05) is 6.08 Å². The molecular formula is C18H34O2. The van der Waals surface area contributed by atoms with Crippen LogP contribution in [0.5, 0.6) is 0 Å². The monoisotopic (exact) mass is 282 g/mol. The molecule has 0 aliphatic heterocycles. The second-order valence-corrected chi connectivity index (χ2v) is 6.36. The van der Waals surface area contributed by atoms with E-state index < -0.39 is 0 Å². The van der Waals surface area contributed by atoms with E-state index in [0.717, 1.165) is 13.0 Å². The first kappa shape index (κ1) is 17.7. The third-order valence-electron chi connectivity index (χ3n) is 4.80. The highest BCUT2D eigenvalue weighted by Crippen LogP contribution is 2.33. The zero-order valence-corrected chi connectivity index (χ0v) is 13.9. The number of unbranched alkanes of at least 4 members (excludes halogenated alkanes) is 5. The van der Waals surface area contributed by atoms with Gasteiger partial charge in [0.2, 0.25) is 0 Å². The summed E-state index contributed by atoms with van der Waals surface area (Å²) in [5.41, 5.74) is 1.29. The van der Waals surface area contributed by atoms with Gasteiger partial charge in [-0.3, -0.25) is 0 Å². The van der Waals surface area contributed by atoms with Crippen molar-refractivity contribution in [1.82, 2.24) is 0 Å². The van der Waals surface area contributed by atoms with E-state index in [0.29, 0.717) is 11.8 Å². The average molecular weight is 282 g/mol. The van der Waals surface area contributed by atoms with Gasteiger partial charge in [-0.2, -0.15) is 0 Å². The highest BCUT2D eigenvalue weighted by molar-refractivity contribution is 5.17. The molecule has 0 saturated heterocycles. The molecule has 0 bridgehead atoms. The van der Waals surface area contributed by atoms with Crippen LogP contribution in [0, 0.1) is 11.8 Å². The first-order valence-electron chi connectivity index (χ1n) is 8.62. The standard InChI is InChI=1S/C18H34O2/c1-5-7-8-9-10-11-12-20-18-15(4)14(3)17(19)13-16(18)6-2/h13-15,17-19H,5-12H2,1-4H3. The summed E-state index contributed by atoms with van der Waals surface area (Å²) in [5.74, 6) is 0.699. The molecular weight excluding hydrogens is 248 g/mol. The van der Waals surface area contributed by atoms with Crippen LogP contribution in [0.1, 0.15) is 72.6 Å². The van der Waals surface area contributed by atoms with E-state index >= 15 is 0 Å². The van der Waals surface area contributed by atoms with Gasteiger partial charge in [0.05, 0.1) is 12.2 Å². The van der Waals surface area contributed by atoms with Crippen molar-refractivity contribution in [3.05, 3.63) is 11.6 Å². The predicted octanol–water partition coefficient (Wildman–Crippen LogP) is 4.72. The van der Waals surface area contributed by atoms with Crippen LogP contribution in [-0.2, 0) is 4.74 Å². The van der Waals surface area contributed by atoms with Crippen molar-refractivity contribution in [2.24, 2.45) is 11.8 Å². The van der Waals surface area contributed by atoms with Crippen molar-refractivity contribution in [3.63, 3.8) is 0 Å². The fourth-order valence-electron chi connectivity index (χ4n) is 3.06. The molecule has 2 nitrogen and oxygen atoms in total. The lowest BCUT2D eigenvalue weighted by molar-refractivity contribution is -0.0119. The zero-order chi connectivity index (χ0) is 15.0. The van der Waals surface area contributed by atoms with Gasteiger partial charge in [0.15, 0.2) is 0 Å². The second kappa shape index (κ2) is 9.57. The van der Waals surface area contributed by atoms with Gasteiger partial charge in [-0.05, 0) is 30.3 Å². The molecule has 0 aromatic rings. The molecule has 1 rings (SSSR count). The van der Waals surface area contributed by atoms with Gasteiger partial charge in [-0.25, -0.2) is 0 Å². The third-order valence-corrected chi connectivity index (χ3v) is 4.80. The van der Waals surface area contributed by atoms with Crippen LogP contribution < -0.4 is 0 Å². The summed E-state index contributed by atoms with van der Waals surface area (Å²) in [6, 6.07) is 0. The molecule has 4 unspecified atom stereocenters. The van der Waals surface area contributed by atoms with E-state index in [1.165, 1.54) is 44.1 Å². The maximum Gasteiger partial charge on any atom is 0.0814 e.